The van der Waals surface area contributed by atoms with Gasteiger partial charge in [-0.05, 0) is 47.2 Å². The van der Waals surface area contributed by atoms with E-state index in [2.05, 4.69) is 48.5 Å². The Labute approximate surface area is 177 Å². The Kier molecular flexibility index (Phi) is 6.90. The molecule has 0 spiro atoms. The molecular weight excluding hydrogens is 379 g/mol. The molecule has 3 aromatic rings. The van der Waals surface area contributed by atoms with Crippen LogP contribution in [0.15, 0.2) is 72.8 Å². The minimum absolute atomic E-state index is 0.219. The van der Waals surface area contributed by atoms with Gasteiger partial charge in [0.15, 0.2) is 6.29 Å². The van der Waals surface area contributed by atoms with E-state index >= 15 is 0 Å². The molecule has 4 rings (SSSR count). The van der Waals surface area contributed by atoms with Gasteiger partial charge in [0.25, 0.3) is 0 Å². The van der Waals surface area contributed by atoms with Gasteiger partial charge < -0.3 is 14.2 Å². The van der Waals surface area contributed by atoms with Crippen molar-refractivity contribution in [3.63, 3.8) is 0 Å². The molecular formula is C26H27FO3. The van der Waals surface area contributed by atoms with Crippen LogP contribution in [0.4, 0.5) is 4.39 Å². The second-order valence-electron chi connectivity index (χ2n) is 7.71. The SMILES string of the molecule is COCCCC1COC(c2ccc(-c3ccc(-c4ccc(F)cc4)cc3)cc2)OC1. The largest absolute Gasteiger partial charge is 0.385 e. The fourth-order valence-corrected chi connectivity index (χ4v) is 3.75. The molecule has 3 aromatic carbocycles. The summed E-state index contributed by atoms with van der Waals surface area (Å²) in [5, 5.41) is 0. The van der Waals surface area contributed by atoms with Crippen LogP contribution in [0.1, 0.15) is 24.7 Å². The first-order valence-electron chi connectivity index (χ1n) is 10.4. The van der Waals surface area contributed by atoms with Crippen molar-refractivity contribution >= 4 is 0 Å². The van der Waals surface area contributed by atoms with Gasteiger partial charge in [0.1, 0.15) is 5.82 Å². The van der Waals surface area contributed by atoms with Crippen LogP contribution in [0.2, 0.25) is 0 Å². The number of ether oxygens (including phenoxy) is 3. The lowest BCUT2D eigenvalue weighted by molar-refractivity contribution is -0.206. The lowest BCUT2D eigenvalue weighted by atomic mass is 9.99. The summed E-state index contributed by atoms with van der Waals surface area (Å²) in [4.78, 5) is 0. The molecule has 0 N–H and O–H groups in total. The summed E-state index contributed by atoms with van der Waals surface area (Å²) in [5.74, 6) is 0.221. The van der Waals surface area contributed by atoms with Crippen molar-refractivity contribution in [3.05, 3.63) is 84.2 Å². The highest BCUT2D eigenvalue weighted by Gasteiger charge is 2.23. The van der Waals surface area contributed by atoms with E-state index in [0.29, 0.717) is 5.92 Å². The summed E-state index contributed by atoms with van der Waals surface area (Å²) in [7, 11) is 1.73. The molecule has 0 saturated carbocycles. The van der Waals surface area contributed by atoms with Gasteiger partial charge in [-0.1, -0.05) is 60.7 Å². The van der Waals surface area contributed by atoms with Crippen molar-refractivity contribution in [2.24, 2.45) is 5.92 Å². The molecule has 3 nitrogen and oxygen atoms in total. The van der Waals surface area contributed by atoms with Gasteiger partial charge >= 0.3 is 0 Å². The molecule has 30 heavy (non-hydrogen) atoms. The number of benzene rings is 3. The Balaban J connectivity index is 1.36. The first-order chi connectivity index (χ1) is 14.7. The van der Waals surface area contributed by atoms with Crippen molar-refractivity contribution in [2.75, 3.05) is 26.9 Å². The van der Waals surface area contributed by atoms with Gasteiger partial charge in [-0.2, -0.15) is 0 Å². The number of rotatable bonds is 7. The highest BCUT2D eigenvalue weighted by molar-refractivity contribution is 5.70. The van der Waals surface area contributed by atoms with E-state index in [4.69, 9.17) is 14.2 Å². The molecule has 1 aliphatic rings. The maximum Gasteiger partial charge on any atom is 0.183 e. The Bertz CT molecular complexity index is 912. The summed E-state index contributed by atoms with van der Waals surface area (Å²) >= 11 is 0. The number of halogens is 1. The molecule has 1 heterocycles. The van der Waals surface area contributed by atoms with Crippen LogP contribution in [0, 0.1) is 11.7 Å². The summed E-state index contributed by atoms with van der Waals surface area (Å²) in [6.07, 6.45) is 1.80. The average molecular weight is 406 g/mol. The Morgan fingerprint density at radius 3 is 1.73 bits per heavy atom. The fourth-order valence-electron chi connectivity index (χ4n) is 3.75. The van der Waals surface area contributed by atoms with Gasteiger partial charge in [0.2, 0.25) is 0 Å². The third-order valence-electron chi connectivity index (χ3n) is 5.51. The predicted molar refractivity (Wildman–Crippen MR) is 117 cm³/mol. The molecule has 0 amide bonds. The van der Waals surface area contributed by atoms with Crippen LogP contribution in [0.25, 0.3) is 22.3 Å². The van der Waals surface area contributed by atoms with E-state index in [1.165, 1.54) is 12.1 Å². The van der Waals surface area contributed by atoms with Crippen molar-refractivity contribution < 1.29 is 18.6 Å². The van der Waals surface area contributed by atoms with Gasteiger partial charge in [-0.25, -0.2) is 4.39 Å². The predicted octanol–water partition coefficient (Wildman–Crippen LogP) is 6.25. The van der Waals surface area contributed by atoms with Gasteiger partial charge in [-0.15, -0.1) is 0 Å². The average Bonchev–Trinajstić information content (AvgIpc) is 2.81. The number of hydrogen-bond donors (Lipinski definition) is 0. The third-order valence-corrected chi connectivity index (χ3v) is 5.51. The maximum atomic E-state index is 13.1. The first-order valence-corrected chi connectivity index (χ1v) is 10.4. The number of hydrogen-bond acceptors (Lipinski definition) is 3. The number of methoxy groups -OCH3 is 1. The monoisotopic (exact) mass is 406 g/mol. The normalized spacial score (nSPS) is 19.0. The van der Waals surface area contributed by atoms with E-state index in [1.54, 1.807) is 19.2 Å². The van der Waals surface area contributed by atoms with Crippen LogP contribution in [0.3, 0.4) is 0 Å². The second-order valence-corrected chi connectivity index (χ2v) is 7.71. The minimum atomic E-state index is -0.293. The standard InChI is InChI=1S/C26H27FO3/c1-28-16-2-3-19-17-29-26(30-18-19)24-10-8-22(9-11-24)20-4-6-21(7-5-20)23-12-14-25(27)15-13-23/h4-15,19,26H,2-3,16-18H2,1H3. The molecule has 156 valence electrons. The van der Waals surface area contributed by atoms with E-state index < -0.39 is 0 Å². The highest BCUT2D eigenvalue weighted by atomic mass is 19.1. The Hall–Kier alpha value is -2.53. The minimum Gasteiger partial charge on any atom is -0.385 e. The molecule has 0 unspecified atom stereocenters. The zero-order valence-electron chi connectivity index (χ0n) is 17.2. The molecule has 1 fully saturated rings. The Morgan fingerprint density at radius 2 is 1.23 bits per heavy atom. The van der Waals surface area contributed by atoms with Gasteiger partial charge in [0, 0.05) is 25.2 Å². The quantitative estimate of drug-likeness (QED) is 0.434. The summed E-state index contributed by atoms with van der Waals surface area (Å²) in [6, 6.07) is 23.2. The lowest BCUT2D eigenvalue weighted by Crippen LogP contribution is -2.27. The zero-order chi connectivity index (χ0) is 20.8. The van der Waals surface area contributed by atoms with Crippen LogP contribution in [0.5, 0.6) is 0 Å². The highest BCUT2D eigenvalue weighted by Crippen LogP contribution is 2.30. The van der Waals surface area contributed by atoms with Gasteiger partial charge in [0.05, 0.1) is 13.2 Å². The van der Waals surface area contributed by atoms with Crippen LogP contribution in [-0.2, 0) is 14.2 Å². The van der Waals surface area contributed by atoms with Crippen LogP contribution in [-0.4, -0.2) is 26.9 Å². The van der Waals surface area contributed by atoms with Gasteiger partial charge in [-0.3, -0.25) is 0 Å². The van der Waals surface area contributed by atoms with E-state index in [9.17, 15) is 4.39 Å². The molecule has 0 aliphatic carbocycles. The molecule has 0 atom stereocenters. The van der Waals surface area contributed by atoms with Crippen LogP contribution >= 0.6 is 0 Å². The molecule has 0 radical (unpaired) electrons. The molecule has 0 aromatic heterocycles. The summed E-state index contributed by atoms with van der Waals surface area (Å²) in [6.45, 7) is 2.23. The maximum absolute atomic E-state index is 13.1. The summed E-state index contributed by atoms with van der Waals surface area (Å²) < 4.78 is 30.1. The first kappa shape index (κ1) is 20.7. The molecule has 1 aliphatic heterocycles. The molecule has 0 bridgehead atoms. The lowest BCUT2D eigenvalue weighted by Gasteiger charge is -2.29. The smallest absolute Gasteiger partial charge is 0.183 e. The summed E-state index contributed by atoms with van der Waals surface area (Å²) in [5.41, 5.74) is 5.38. The second kappa shape index (κ2) is 9.98. The fraction of sp³-hybridized carbons (Fsp3) is 0.308. The topological polar surface area (TPSA) is 27.7 Å². The molecule has 4 heteroatoms. The van der Waals surface area contributed by atoms with E-state index in [0.717, 1.165) is 60.5 Å². The molecule has 1 saturated heterocycles. The van der Waals surface area contributed by atoms with E-state index in [1.807, 2.05) is 0 Å². The van der Waals surface area contributed by atoms with Crippen molar-refractivity contribution in [1.29, 1.82) is 0 Å². The third kappa shape index (κ3) is 5.14. The van der Waals surface area contributed by atoms with E-state index in [-0.39, 0.29) is 12.1 Å². The van der Waals surface area contributed by atoms with Crippen molar-refractivity contribution in [1.82, 2.24) is 0 Å². The van der Waals surface area contributed by atoms with Crippen molar-refractivity contribution in [3.8, 4) is 22.3 Å². The van der Waals surface area contributed by atoms with Crippen LogP contribution < -0.4 is 0 Å². The Morgan fingerprint density at radius 1 is 0.767 bits per heavy atom. The zero-order valence-corrected chi connectivity index (χ0v) is 17.2. The van der Waals surface area contributed by atoms with Crippen molar-refractivity contribution in [2.45, 2.75) is 19.1 Å².